The van der Waals surface area contributed by atoms with Crippen molar-refractivity contribution in [3.63, 3.8) is 0 Å². The molecule has 0 amide bonds. The predicted molar refractivity (Wildman–Crippen MR) is 49.1 cm³/mol. The van der Waals surface area contributed by atoms with Crippen LogP contribution in [0.2, 0.25) is 0 Å². The zero-order valence-corrected chi connectivity index (χ0v) is 8.16. The van der Waals surface area contributed by atoms with Gasteiger partial charge in [0.1, 0.15) is 0 Å². The molecule has 1 unspecified atom stereocenters. The molecule has 0 aromatic carbocycles. The molecule has 0 rings (SSSR count). The maximum atomic E-state index is 10.3. The summed E-state index contributed by atoms with van der Waals surface area (Å²) in [6, 6.07) is 2.13. The normalized spacial score (nSPS) is 12.5. The lowest BCUT2D eigenvalue weighted by Crippen LogP contribution is -2.30. The molecule has 0 heterocycles. The van der Waals surface area contributed by atoms with Gasteiger partial charge in [0, 0.05) is 13.1 Å². The Morgan fingerprint density at radius 2 is 2.31 bits per heavy atom. The van der Waals surface area contributed by atoms with Crippen LogP contribution in [0.25, 0.3) is 0 Å². The Labute approximate surface area is 78.8 Å². The third-order valence-corrected chi connectivity index (χ3v) is 1.84. The van der Waals surface area contributed by atoms with Crippen molar-refractivity contribution in [3.8, 4) is 6.07 Å². The van der Waals surface area contributed by atoms with Crippen LogP contribution in [0.3, 0.4) is 0 Å². The Morgan fingerprint density at radius 1 is 1.69 bits per heavy atom. The first-order chi connectivity index (χ1) is 6.10. The quantitative estimate of drug-likeness (QED) is 0.667. The average molecular weight is 184 g/mol. The number of aliphatic carboxylic acids is 1. The van der Waals surface area contributed by atoms with Crippen molar-refractivity contribution in [1.82, 2.24) is 4.90 Å². The van der Waals surface area contributed by atoms with Gasteiger partial charge in [0.25, 0.3) is 0 Å². The highest BCUT2D eigenvalue weighted by Crippen LogP contribution is 1.99. The van der Waals surface area contributed by atoms with E-state index in [2.05, 4.69) is 6.07 Å². The fourth-order valence-electron chi connectivity index (χ4n) is 1.06. The summed E-state index contributed by atoms with van der Waals surface area (Å²) in [5.41, 5.74) is 0. The Hall–Kier alpha value is -1.08. The summed E-state index contributed by atoms with van der Waals surface area (Å²) in [5, 5.41) is 17.0. The van der Waals surface area contributed by atoms with Crippen LogP contribution in [0.1, 0.15) is 20.3 Å². The molecule has 0 bridgehead atoms. The number of carboxylic acids is 1. The maximum Gasteiger partial charge on any atom is 0.304 e. The molecule has 0 aliphatic heterocycles. The van der Waals surface area contributed by atoms with Gasteiger partial charge in [-0.25, -0.2) is 0 Å². The van der Waals surface area contributed by atoms with Gasteiger partial charge in [-0.3, -0.25) is 4.79 Å². The smallest absolute Gasteiger partial charge is 0.304 e. The highest BCUT2D eigenvalue weighted by molar-refractivity contribution is 5.66. The fourth-order valence-corrected chi connectivity index (χ4v) is 1.06. The molecule has 1 N–H and O–H groups in total. The molecule has 0 fully saturated rings. The Morgan fingerprint density at radius 3 is 2.69 bits per heavy atom. The van der Waals surface area contributed by atoms with E-state index in [-0.39, 0.29) is 12.3 Å². The minimum Gasteiger partial charge on any atom is -0.481 e. The second-order valence-electron chi connectivity index (χ2n) is 3.07. The van der Waals surface area contributed by atoms with E-state index < -0.39 is 5.97 Å². The van der Waals surface area contributed by atoms with Crippen LogP contribution in [0.5, 0.6) is 0 Å². The van der Waals surface area contributed by atoms with E-state index in [0.717, 1.165) is 6.54 Å². The van der Waals surface area contributed by atoms with E-state index in [0.29, 0.717) is 13.1 Å². The summed E-state index contributed by atoms with van der Waals surface area (Å²) in [6.07, 6.45) is 0.145. The third kappa shape index (κ3) is 6.12. The van der Waals surface area contributed by atoms with E-state index >= 15 is 0 Å². The first-order valence-corrected chi connectivity index (χ1v) is 4.43. The van der Waals surface area contributed by atoms with Gasteiger partial charge >= 0.3 is 5.97 Å². The van der Waals surface area contributed by atoms with E-state index in [1.54, 1.807) is 0 Å². The molecular formula is C9H16N2O2. The molecule has 0 spiro atoms. The molecule has 0 saturated heterocycles. The van der Waals surface area contributed by atoms with Gasteiger partial charge in [-0.1, -0.05) is 6.92 Å². The first-order valence-electron chi connectivity index (χ1n) is 4.43. The summed E-state index contributed by atoms with van der Waals surface area (Å²) < 4.78 is 0. The lowest BCUT2D eigenvalue weighted by atomic mass is 10.2. The van der Waals surface area contributed by atoms with Crippen LogP contribution in [-0.4, -0.2) is 35.6 Å². The molecule has 0 aliphatic rings. The van der Waals surface area contributed by atoms with Gasteiger partial charge in [0.2, 0.25) is 0 Å². The molecule has 0 aromatic heterocycles. The van der Waals surface area contributed by atoms with Crippen LogP contribution in [0.15, 0.2) is 0 Å². The largest absolute Gasteiger partial charge is 0.481 e. The summed E-state index contributed by atoms with van der Waals surface area (Å²) in [7, 11) is 0. The molecule has 0 aliphatic carbocycles. The van der Waals surface area contributed by atoms with Crippen molar-refractivity contribution in [2.24, 2.45) is 5.92 Å². The highest BCUT2D eigenvalue weighted by atomic mass is 16.4. The molecule has 13 heavy (non-hydrogen) atoms. The molecule has 4 nitrogen and oxygen atoms in total. The second kappa shape index (κ2) is 6.44. The molecule has 0 aromatic rings. The maximum absolute atomic E-state index is 10.3. The zero-order valence-electron chi connectivity index (χ0n) is 8.16. The summed E-state index contributed by atoms with van der Waals surface area (Å²) in [5.74, 6) is -0.822. The van der Waals surface area contributed by atoms with Gasteiger partial charge < -0.3 is 10.0 Å². The summed E-state index contributed by atoms with van der Waals surface area (Å²) >= 11 is 0. The Bertz CT molecular complexity index is 198. The van der Waals surface area contributed by atoms with Crippen LogP contribution >= 0.6 is 0 Å². The molecule has 1 atom stereocenters. The number of hydrogen-bond acceptors (Lipinski definition) is 3. The Balaban J connectivity index is 3.77. The van der Waals surface area contributed by atoms with Crippen molar-refractivity contribution >= 4 is 5.97 Å². The molecule has 74 valence electrons. The average Bonchev–Trinajstić information content (AvgIpc) is 2.11. The number of carboxylic acid groups (broad SMARTS) is 1. The monoisotopic (exact) mass is 184 g/mol. The van der Waals surface area contributed by atoms with E-state index in [9.17, 15) is 4.79 Å². The van der Waals surface area contributed by atoms with Crippen LogP contribution in [0, 0.1) is 17.2 Å². The van der Waals surface area contributed by atoms with E-state index in [4.69, 9.17) is 10.4 Å². The number of hydrogen-bond donors (Lipinski definition) is 1. The van der Waals surface area contributed by atoms with Crippen LogP contribution in [0.4, 0.5) is 0 Å². The van der Waals surface area contributed by atoms with Crippen LogP contribution in [-0.2, 0) is 4.79 Å². The van der Waals surface area contributed by atoms with Gasteiger partial charge in [0.15, 0.2) is 0 Å². The standard InChI is InChI=1S/C9H16N2O2/c1-3-11(5-4-9(12)13)7-8(2)6-10/h8H,3-5,7H2,1-2H3,(H,12,13). The third-order valence-electron chi connectivity index (χ3n) is 1.84. The second-order valence-corrected chi connectivity index (χ2v) is 3.07. The SMILES string of the molecule is CCN(CCC(=O)O)CC(C)C#N. The number of nitriles is 1. The van der Waals surface area contributed by atoms with E-state index in [1.807, 2.05) is 18.7 Å². The fraction of sp³-hybridized carbons (Fsp3) is 0.778. The molecule has 0 saturated carbocycles. The predicted octanol–water partition coefficient (Wildman–Crippen LogP) is 0.943. The number of carbonyl (C=O) groups is 1. The van der Waals surface area contributed by atoms with Crippen LogP contribution < -0.4 is 0 Å². The summed E-state index contributed by atoms with van der Waals surface area (Å²) in [6.45, 7) is 5.77. The van der Waals surface area contributed by atoms with Gasteiger partial charge in [-0.15, -0.1) is 0 Å². The topological polar surface area (TPSA) is 64.3 Å². The van der Waals surface area contributed by atoms with Gasteiger partial charge in [-0.05, 0) is 13.5 Å². The molecule has 4 heteroatoms. The van der Waals surface area contributed by atoms with Gasteiger partial charge in [0.05, 0.1) is 18.4 Å². The van der Waals surface area contributed by atoms with Crippen molar-refractivity contribution in [2.45, 2.75) is 20.3 Å². The van der Waals surface area contributed by atoms with E-state index in [1.165, 1.54) is 0 Å². The van der Waals surface area contributed by atoms with Crippen molar-refractivity contribution in [1.29, 1.82) is 5.26 Å². The minimum absolute atomic E-state index is 0.0336. The van der Waals surface area contributed by atoms with Crippen molar-refractivity contribution in [3.05, 3.63) is 0 Å². The molecule has 0 radical (unpaired) electrons. The lowest BCUT2D eigenvalue weighted by molar-refractivity contribution is -0.137. The Kier molecular flexibility index (Phi) is 5.90. The van der Waals surface area contributed by atoms with Crippen molar-refractivity contribution < 1.29 is 9.90 Å². The van der Waals surface area contributed by atoms with Crippen molar-refractivity contribution in [2.75, 3.05) is 19.6 Å². The lowest BCUT2D eigenvalue weighted by Gasteiger charge is -2.20. The number of rotatable bonds is 6. The molecular weight excluding hydrogens is 168 g/mol. The van der Waals surface area contributed by atoms with Gasteiger partial charge in [-0.2, -0.15) is 5.26 Å². The first kappa shape index (κ1) is 11.9. The summed E-state index contributed by atoms with van der Waals surface area (Å²) in [4.78, 5) is 12.3. The number of nitrogens with zero attached hydrogens (tertiary/aromatic N) is 2. The highest BCUT2D eigenvalue weighted by Gasteiger charge is 2.08. The minimum atomic E-state index is -0.789. The zero-order chi connectivity index (χ0) is 10.3.